The Hall–Kier alpha value is -1.23. The highest BCUT2D eigenvalue weighted by Crippen LogP contribution is 2.18. The van der Waals surface area contributed by atoms with Gasteiger partial charge in [0.25, 0.3) is 5.91 Å². The molecule has 1 amide bonds. The topological polar surface area (TPSA) is 59.4 Å². The van der Waals surface area contributed by atoms with E-state index in [1.165, 1.54) is 12.5 Å². The molecule has 4 nitrogen and oxygen atoms in total. The molecule has 1 aromatic rings. The summed E-state index contributed by atoms with van der Waals surface area (Å²) in [5, 5.41) is 0.340. The third kappa shape index (κ3) is 3.13. The van der Waals surface area contributed by atoms with Crippen LogP contribution >= 0.6 is 0 Å². The lowest BCUT2D eigenvalue weighted by Crippen LogP contribution is -2.19. The summed E-state index contributed by atoms with van der Waals surface area (Å²) in [7, 11) is -2.73. The number of amides is 1. The summed E-state index contributed by atoms with van der Waals surface area (Å²) < 4.78 is 16.0. The minimum absolute atomic E-state index is 0.340. The predicted octanol–water partition coefficient (Wildman–Crippen LogP) is 2.11. The maximum Gasteiger partial charge on any atom is 0.259 e. The summed E-state index contributed by atoms with van der Waals surface area (Å²) in [6, 6.07) is 5.06. The maximum atomic E-state index is 12.2. The zero-order chi connectivity index (χ0) is 12.4. The molecule has 0 spiro atoms. The van der Waals surface area contributed by atoms with E-state index in [2.05, 4.69) is 9.35 Å². The molecule has 0 saturated carbocycles. The molecule has 0 aliphatic carbocycles. The van der Waals surface area contributed by atoms with Gasteiger partial charge in [-0.3, -0.25) is 4.79 Å². The Balaban J connectivity index is 3.19. The first kappa shape index (κ1) is 12.8. The lowest BCUT2D eigenvalue weighted by molar-refractivity contribution is -0.124. The fourth-order valence-corrected chi connectivity index (χ4v) is 2.18. The fraction of sp³-hybridized carbons (Fsp3) is 0.455. The molecule has 16 heavy (non-hydrogen) atoms. The molecule has 0 fully saturated rings. The number of hydrogen-bond donors (Lipinski definition) is 0. The molecular formula is C11H16N2O2S. The first-order chi connectivity index (χ1) is 7.23. The second-order valence-corrected chi connectivity index (χ2v) is 6.82. The zero-order valence-corrected chi connectivity index (χ0v) is 10.7. The smallest absolute Gasteiger partial charge is 0.259 e. The van der Waals surface area contributed by atoms with E-state index < -0.39 is 15.1 Å². The summed E-state index contributed by atoms with van der Waals surface area (Å²) in [4.78, 5) is 15.6. The highest BCUT2D eigenvalue weighted by Gasteiger charge is 2.23. The number of rotatable bonds is 1. The number of aromatic nitrogens is 1. The molecule has 5 heteroatoms. The normalized spacial score (nSPS) is 15.2. The van der Waals surface area contributed by atoms with Crippen LogP contribution < -0.4 is 0 Å². The molecule has 0 radical (unpaired) electrons. The standard InChI is InChI=1S/C11H16N2O2S/c1-11(2,3)10(14)13-16(4,15)9-7-5-6-8-12-9/h5-8H,1-4H3/t16-/m1/s1. The van der Waals surface area contributed by atoms with Crippen molar-refractivity contribution in [1.29, 1.82) is 0 Å². The Labute approximate surface area is 96.3 Å². The van der Waals surface area contributed by atoms with Gasteiger partial charge in [0.1, 0.15) is 5.03 Å². The molecule has 1 aromatic heterocycles. The summed E-state index contributed by atoms with van der Waals surface area (Å²) in [6.45, 7) is 5.23. The predicted molar refractivity (Wildman–Crippen MR) is 63.5 cm³/mol. The van der Waals surface area contributed by atoms with Crippen molar-refractivity contribution in [1.82, 2.24) is 4.98 Å². The van der Waals surface area contributed by atoms with Crippen molar-refractivity contribution in [3.8, 4) is 0 Å². The van der Waals surface area contributed by atoms with Crippen molar-refractivity contribution < 1.29 is 9.00 Å². The SMILES string of the molecule is CC(C)(C)C(=O)N=[S@](C)(=O)c1ccccn1. The van der Waals surface area contributed by atoms with Crippen LogP contribution in [-0.4, -0.2) is 21.4 Å². The molecule has 0 aliphatic heterocycles. The van der Waals surface area contributed by atoms with Crippen molar-refractivity contribution in [2.45, 2.75) is 25.8 Å². The highest BCUT2D eigenvalue weighted by molar-refractivity contribution is 7.93. The van der Waals surface area contributed by atoms with E-state index in [1.54, 1.807) is 39.0 Å². The van der Waals surface area contributed by atoms with Crippen LogP contribution in [0.3, 0.4) is 0 Å². The molecule has 0 bridgehead atoms. The van der Waals surface area contributed by atoms with Gasteiger partial charge in [-0.15, -0.1) is 0 Å². The summed E-state index contributed by atoms with van der Waals surface area (Å²) in [5.74, 6) is -0.370. The Kier molecular flexibility index (Phi) is 3.48. The lowest BCUT2D eigenvalue weighted by atomic mass is 9.96. The Morgan fingerprint density at radius 2 is 2.00 bits per heavy atom. The van der Waals surface area contributed by atoms with Gasteiger partial charge in [-0.2, -0.15) is 4.36 Å². The summed E-state index contributed by atoms with van der Waals surface area (Å²) >= 11 is 0. The fourth-order valence-electron chi connectivity index (χ4n) is 0.913. The van der Waals surface area contributed by atoms with Gasteiger partial charge in [0, 0.05) is 17.9 Å². The Morgan fingerprint density at radius 3 is 2.44 bits per heavy atom. The Bertz CT molecular complexity index is 494. The molecule has 0 unspecified atom stereocenters. The summed E-state index contributed by atoms with van der Waals surface area (Å²) in [5.41, 5.74) is -0.618. The van der Waals surface area contributed by atoms with E-state index in [-0.39, 0.29) is 5.91 Å². The molecule has 1 heterocycles. The van der Waals surface area contributed by atoms with Crippen LogP contribution in [0.4, 0.5) is 0 Å². The molecule has 0 aliphatic rings. The van der Waals surface area contributed by atoms with Gasteiger partial charge in [-0.25, -0.2) is 9.19 Å². The third-order valence-corrected chi connectivity index (χ3v) is 3.46. The van der Waals surface area contributed by atoms with Crippen LogP contribution in [0.1, 0.15) is 20.8 Å². The Morgan fingerprint density at radius 1 is 1.38 bits per heavy atom. The largest absolute Gasteiger partial charge is 0.271 e. The molecule has 1 rings (SSSR count). The van der Waals surface area contributed by atoms with E-state index in [4.69, 9.17) is 0 Å². The van der Waals surface area contributed by atoms with Crippen LogP contribution in [0.2, 0.25) is 0 Å². The van der Waals surface area contributed by atoms with E-state index >= 15 is 0 Å². The molecule has 0 aromatic carbocycles. The van der Waals surface area contributed by atoms with E-state index in [0.717, 1.165) is 0 Å². The van der Waals surface area contributed by atoms with Gasteiger partial charge in [0.15, 0.2) is 0 Å². The number of pyridine rings is 1. The minimum Gasteiger partial charge on any atom is -0.271 e. The van der Waals surface area contributed by atoms with Crippen LogP contribution in [0, 0.1) is 5.41 Å². The first-order valence-corrected chi connectivity index (χ1v) is 6.83. The molecular weight excluding hydrogens is 224 g/mol. The highest BCUT2D eigenvalue weighted by atomic mass is 32.2. The second-order valence-electron chi connectivity index (χ2n) is 4.62. The van der Waals surface area contributed by atoms with E-state index in [1.807, 2.05) is 0 Å². The van der Waals surface area contributed by atoms with E-state index in [0.29, 0.717) is 5.03 Å². The zero-order valence-electron chi connectivity index (χ0n) is 9.93. The number of nitrogens with zero attached hydrogens (tertiary/aromatic N) is 2. The van der Waals surface area contributed by atoms with Crippen molar-refractivity contribution in [3.63, 3.8) is 0 Å². The molecule has 88 valence electrons. The van der Waals surface area contributed by atoms with Crippen LogP contribution in [0.25, 0.3) is 0 Å². The number of hydrogen-bond acceptors (Lipinski definition) is 3. The van der Waals surface area contributed by atoms with Crippen LogP contribution in [-0.2, 0) is 14.5 Å². The lowest BCUT2D eigenvalue weighted by Gasteiger charge is -2.13. The number of carbonyl (C=O) groups is 1. The average Bonchev–Trinajstić information content (AvgIpc) is 2.17. The van der Waals surface area contributed by atoms with Gasteiger partial charge in [0.05, 0.1) is 9.73 Å². The van der Waals surface area contributed by atoms with Crippen LogP contribution in [0.5, 0.6) is 0 Å². The van der Waals surface area contributed by atoms with E-state index in [9.17, 15) is 9.00 Å². The maximum absolute atomic E-state index is 12.2. The van der Waals surface area contributed by atoms with Gasteiger partial charge in [-0.1, -0.05) is 26.8 Å². The van der Waals surface area contributed by atoms with Crippen molar-refractivity contribution in [2.24, 2.45) is 9.78 Å². The molecule has 0 N–H and O–H groups in total. The van der Waals surface area contributed by atoms with Gasteiger partial charge < -0.3 is 0 Å². The average molecular weight is 240 g/mol. The second kappa shape index (κ2) is 4.33. The first-order valence-electron chi connectivity index (χ1n) is 4.91. The van der Waals surface area contributed by atoms with Gasteiger partial charge >= 0.3 is 0 Å². The van der Waals surface area contributed by atoms with Gasteiger partial charge in [0.2, 0.25) is 0 Å². The quantitative estimate of drug-likeness (QED) is 0.755. The van der Waals surface area contributed by atoms with Gasteiger partial charge in [-0.05, 0) is 12.1 Å². The number of carbonyl (C=O) groups excluding carboxylic acids is 1. The van der Waals surface area contributed by atoms with Crippen molar-refractivity contribution >= 4 is 15.6 Å². The third-order valence-electron chi connectivity index (χ3n) is 1.92. The minimum atomic E-state index is -2.73. The van der Waals surface area contributed by atoms with Crippen molar-refractivity contribution in [3.05, 3.63) is 24.4 Å². The molecule has 0 saturated heterocycles. The summed E-state index contributed by atoms with van der Waals surface area (Å²) in [6.07, 6.45) is 2.97. The molecule has 1 atom stereocenters. The van der Waals surface area contributed by atoms with Crippen molar-refractivity contribution in [2.75, 3.05) is 6.26 Å². The van der Waals surface area contributed by atoms with Crippen LogP contribution in [0.15, 0.2) is 33.8 Å². The monoisotopic (exact) mass is 240 g/mol.